The Morgan fingerprint density at radius 3 is 2.41 bits per heavy atom. The van der Waals surface area contributed by atoms with Crippen molar-refractivity contribution < 1.29 is 9.90 Å². The van der Waals surface area contributed by atoms with Gasteiger partial charge in [0, 0.05) is 6.04 Å². The lowest BCUT2D eigenvalue weighted by molar-refractivity contribution is -0.141. The molecule has 0 spiro atoms. The summed E-state index contributed by atoms with van der Waals surface area (Å²) in [5, 5.41) is 8.91. The maximum Gasteiger partial charge on any atom is 0.307 e. The fourth-order valence-corrected chi connectivity index (χ4v) is 2.94. The van der Waals surface area contributed by atoms with Gasteiger partial charge < -0.3 is 10.8 Å². The number of carboxylic acid groups (broad SMARTS) is 1. The predicted octanol–water partition coefficient (Wildman–Crippen LogP) is 3.03. The molecule has 3 atom stereocenters. The molecule has 0 radical (unpaired) electrons. The van der Waals surface area contributed by atoms with Crippen LogP contribution in [0, 0.1) is 17.8 Å². The summed E-state index contributed by atoms with van der Waals surface area (Å²) in [5.41, 5.74) is 5.94. The van der Waals surface area contributed by atoms with E-state index in [9.17, 15) is 4.79 Å². The van der Waals surface area contributed by atoms with Crippen molar-refractivity contribution in [2.24, 2.45) is 23.5 Å². The van der Waals surface area contributed by atoms with Crippen molar-refractivity contribution in [3.8, 4) is 0 Å². The van der Waals surface area contributed by atoms with Crippen LogP contribution in [0.25, 0.3) is 0 Å². The Labute approximate surface area is 105 Å². The Bertz CT molecular complexity index is 236. The quantitative estimate of drug-likeness (QED) is 0.751. The molecule has 0 aromatic rings. The molecule has 1 rings (SSSR count). The minimum absolute atomic E-state index is 0.203. The second-order valence-corrected chi connectivity index (χ2v) is 5.87. The molecule has 17 heavy (non-hydrogen) atoms. The number of carbonyl (C=O) groups is 1. The topological polar surface area (TPSA) is 63.3 Å². The molecule has 0 bridgehead atoms. The van der Waals surface area contributed by atoms with Gasteiger partial charge in [0.1, 0.15) is 0 Å². The zero-order valence-corrected chi connectivity index (χ0v) is 11.2. The second kappa shape index (κ2) is 7.00. The molecule has 0 aliphatic heterocycles. The van der Waals surface area contributed by atoms with Crippen LogP contribution in [0.3, 0.4) is 0 Å². The van der Waals surface area contributed by atoms with Crippen LogP contribution in [0.5, 0.6) is 0 Å². The van der Waals surface area contributed by atoms with Crippen molar-refractivity contribution in [3.63, 3.8) is 0 Å². The zero-order chi connectivity index (χ0) is 12.8. The summed E-state index contributed by atoms with van der Waals surface area (Å²) < 4.78 is 0. The van der Waals surface area contributed by atoms with Gasteiger partial charge in [-0.1, -0.05) is 46.0 Å². The Morgan fingerprint density at radius 2 is 1.88 bits per heavy atom. The number of nitrogens with two attached hydrogens (primary N) is 1. The van der Waals surface area contributed by atoms with Gasteiger partial charge in [0.2, 0.25) is 0 Å². The fourth-order valence-electron chi connectivity index (χ4n) is 2.94. The Kier molecular flexibility index (Phi) is 5.96. The first-order chi connectivity index (χ1) is 8.00. The van der Waals surface area contributed by atoms with Crippen molar-refractivity contribution in [2.75, 3.05) is 0 Å². The van der Waals surface area contributed by atoms with Gasteiger partial charge in [-0.2, -0.15) is 0 Å². The molecule has 1 aliphatic rings. The highest BCUT2D eigenvalue weighted by Crippen LogP contribution is 2.30. The Hall–Kier alpha value is -0.570. The van der Waals surface area contributed by atoms with Crippen molar-refractivity contribution in [2.45, 2.75) is 64.8 Å². The number of hydrogen-bond donors (Lipinski definition) is 2. The normalized spacial score (nSPS) is 23.0. The van der Waals surface area contributed by atoms with E-state index in [4.69, 9.17) is 10.8 Å². The fraction of sp³-hybridized carbons (Fsp3) is 0.929. The summed E-state index contributed by atoms with van der Waals surface area (Å²) >= 11 is 0. The summed E-state index contributed by atoms with van der Waals surface area (Å²) in [4.78, 5) is 10.8. The smallest absolute Gasteiger partial charge is 0.307 e. The largest absolute Gasteiger partial charge is 0.481 e. The first-order valence-corrected chi connectivity index (χ1v) is 6.99. The molecule has 1 aliphatic carbocycles. The molecule has 1 saturated carbocycles. The minimum atomic E-state index is -0.776. The van der Waals surface area contributed by atoms with E-state index in [1.807, 2.05) is 0 Å². The molecular weight excluding hydrogens is 214 g/mol. The Morgan fingerprint density at radius 1 is 1.29 bits per heavy atom. The SMILES string of the molecule is CC(CC1CCCCC1)CC(N)C(C)C(=O)O. The third kappa shape index (κ3) is 5.07. The van der Waals surface area contributed by atoms with Gasteiger partial charge in [0.05, 0.1) is 5.92 Å². The van der Waals surface area contributed by atoms with E-state index in [0.29, 0.717) is 5.92 Å². The molecule has 0 amide bonds. The molecule has 0 saturated heterocycles. The summed E-state index contributed by atoms with van der Waals surface area (Å²) in [6.07, 6.45) is 8.90. The van der Waals surface area contributed by atoms with Crippen LogP contribution in [0.15, 0.2) is 0 Å². The van der Waals surface area contributed by atoms with E-state index in [1.165, 1.54) is 38.5 Å². The summed E-state index contributed by atoms with van der Waals surface area (Å²) in [5.74, 6) is 0.201. The van der Waals surface area contributed by atoms with E-state index < -0.39 is 11.9 Å². The number of carboxylic acids is 1. The maximum atomic E-state index is 10.8. The average molecular weight is 241 g/mol. The lowest BCUT2D eigenvalue weighted by Crippen LogP contribution is -2.35. The molecule has 3 unspecified atom stereocenters. The van der Waals surface area contributed by atoms with Crippen LogP contribution in [0.4, 0.5) is 0 Å². The summed E-state index contributed by atoms with van der Waals surface area (Å²) in [7, 11) is 0. The predicted molar refractivity (Wildman–Crippen MR) is 69.7 cm³/mol. The highest BCUT2D eigenvalue weighted by molar-refractivity contribution is 5.70. The summed E-state index contributed by atoms with van der Waals surface area (Å²) in [6.45, 7) is 3.92. The van der Waals surface area contributed by atoms with Gasteiger partial charge in [-0.25, -0.2) is 0 Å². The van der Waals surface area contributed by atoms with Crippen LogP contribution < -0.4 is 5.73 Å². The van der Waals surface area contributed by atoms with Crippen LogP contribution in [0.2, 0.25) is 0 Å². The molecule has 100 valence electrons. The molecule has 0 aromatic carbocycles. The first kappa shape index (κ1) is 14.5. The van der Waals surface area contributed by atoms with Crippen molar-refractivity contribution in [1.29, 1.82) is 0 Å². The first-order valence-electron chi connectivity index (χ1n) is 6.99. The standard InChI is InChI=1S/C14H27NO2/c1-10(8-12-6-4-3-5-7-12)9-13(15)11(2)14(16)17/h10-13H,3-9,15H2,1-2H3,(H,16,17). The van der Waals surface area contributed by atoms with E-state index in [2.05, 4.69) is 6.92 Å². The van der Waals surface area contributed by atoms with Gasteiger partial charge in [-0.3, -0.25) is 4.79 Å². The maximum absolute atomic E-state index is 10.8. The van der Waals surface area contributed by atoms with Crippen LogP contribution >= 0.6 is 0 Å². The molecule has 0 aromatic heterocycles. The molecule has 0 heterocycles. The van der Waals surface area contributed by atoms with E-state index >= 15 is 0 Å². The number of rotatable bonds is 6. The lowest BCUT2D eigenvalue weighted by atomic mass is 9.80. The van der Waals surface area contributed by atoms with E-state index in [1.54, 1.807) is 6.92 Å². The number of hydrogen-bond acceptors (Lipinski definition) is 2. The van der Waals surface area contributed by atoms with Crippen molar-refractivity contribution in [3.05, 3.63) is 0 Å². The lowest BCUT2D eigenvalue weighted by Gasteiger charge is -2.26. The van der Waals surface area contributed by atoms with Gasteiger partial charge >= 0.3 is 5.97 Å². The molecule has 3 nitrogen and oxygen atoms in total. The molecular formula is C14H27NO2. The minimum Gasteiger partial charge on any atom is -0.481 e. The van der Waals surface area contributed by atoms with Gasteiger partial charge in [-0.15, -0.1) is 0 Å². The average Bonchev–Trinajstić information content (AvgIpc) is 2.28. The summed E-state index contributed by atoms with van der Waals surface area (Å²) in [6, 6.07) is -0.203. The van der Waals surface area contributed by atoms with E-state index in [-0.39, 0.29) is 6.04 Å². The van der Waals surface area contributed by atoms with Gasteiger partial charge in [-0.05, 0) is 24.7 Å². The van der Waals surface area contributed by atoms with Crippen LogP contribution in [0.1, 0.15) is 58.8 Å². The second-order valence-electron chi connectivity index (χ2n) is 5.87. The highest BCUT2D eigenvalue weighted by atomic mass is 16.4. The van der Waals surface area contributed by atoms with Crippen molar-refractivity contribution >= 4 is 5.97 Å². The molecule has 3 heteroatoms. The molecule has 3 N–H and O–H groups in total. The third-order valence-corrected chi connectivity index (χ3v) is 4.17. The number of aliphatic carboxylic acids is 1. The molecule has 1 fully saturated rings. The monoisotopic (exact) mass is 241 g/mol. The zero-order valence-electron chi connectivity index (χ0n) is 11.2. The van der Waals surface area contributed by atoms with Gasteiger partial charge in [0.25, 0.3) is 0 Å². The highest BCUT2D eigenvalue weighted by Gasteiger charge is 2.23. The Balaban J connectivity index is 2.27. The van der Waals surface area contributed by atoms with E-state index in [0.717, 1.165) is 12.3 Å². The van der Waals surface area contributed by atoms with Gasteiger partial charge in [0.15, 0.2) is 0 Å². The van der Waals surface area contributed by atoms with Crippen LogP contribution in [-0.2, 0) is 4.79 Å². The van der Waals surface area contributed by atoms with Crippen molar-refractivity contribution in [1.82, 2.24) is 0 Å². The van der Waals surface area contributed by atoms with Crippen LogP contribution in [-0.4, -0.2) is 17.1 Å². The third-order valence-electron chi connectivity index (χ3n) is 4.17.